The zero-order valence-electron chi connectivity index (χ0n) is 12.4. The molecule has 2 nitrogen and oxygen atoms in total. The van der Waals surface area contributed by atoms with Gasteiger partial charge in [-0.05, 0) is 50.1 Å². The maximum Gasteiger partial charge on any atom is 0.145 e. The molecule has 2 aromatic rings. The van der Waals surface area contributed by atoms with E-state index in [9.17, 15) is 4.39 Å². The monoisotopic (exact) mass is 306 g/mol. The van der Waals surface area contributed by atoms with Gasteiger partial charge < -0.3 is 5.32 Å². The van der Waals surface area contributed by atoms with E-state index in [2.05, 4.69) is 17.2 Å². The number of aromatic nitrogens is 1. The number of pyridine rings is 1. The Morgan fingerprint density at radius 2 is 2.00 bits per heavy atom. The molecule has 2 rings (SSSR count). The Morgan fingerprint density at radius 1 is 1.24 bits per heavy atom. The van der Waals surface area contributed by atoms with Gasteiger partial charge in [0.2, 0.25) is 0 Å². The summed E-state index contributed by atoms with van der Waals surface area (Å²) in [4.78, 5) is 4.56. The fourth-order valence-corrected chi connectivity index (χ4v) is 2.48. The summed E-state index contributed by atoms with van der Waals surface area (Å²) >= 11 is 5.86. The first-order valence-electron chi connectivity index (χ1n) is 7.21. The van der Waals surface area contributed by atoms with Crippen molar-refractivity contribution in [1.82, 2.24) is 10.3 Å². The molecule has 0 bridgehead atoms. The topological polar surface area (TPSA) is 24.9 Å². The number of nitrogens with zero attached hydrogens (tertiary/aromatic N) is 1. The molecule has 0 aliphatic rings. The third-order valence-corrected chi connectivity index (χ3v) is 3.66. The molecule has 0 saturated carbocycles. The zero-order chi connectivity index (χ0) is 15.2. The largest absolute Gasteiger partial charge is 0.308 e. The number of hydrogen-bond donors (Lipinski definition) is 1. The Morgan fingerprint density at radius 3 is 2.71 bits per heavy atom. The van der Waals surface area contributed by atoms with Crippen LogP contribution in [-0.4, -0.2) is 11.5 Å². The van der Waals surface area contributed by atoms with Gasteiger partial charge in [-0.3, -0.25) is 4.98 Å². The molecule has 0 saturated heterocycles. The van der Waals surface area contributed by atoms with Crippen molar-refractivity contribution in [3.05, 3.63) is 64.2 Å². The molecule has 0 radical (unpaired) electrons. The van der Waals surface area contributed by atoms with Crippen LogP contribution in [0.5, 0.6) is 0 Å². The third-order valence-electron chi connectivity index (χ3n) is 3.36. The number of rotatable bonds is 6. The van der Waals surface area contributed by atoms with Crippen LogP contribution in [0, 0.1) is 12.7 Å². The normalized spacial score (nSPS) is 12.4. The predicted molar refractivity (Wildman–Crippen MR) is 85.1 cm³/mol. The SMILES string of the molecule is CCCNC(Cc1cccc(Cl)c1F)c1cccc(C)n1. The van der Waals surface area contributed by atoms with Crippen LogP contribution >= 0.6 is 11.6 Å². The number of hydrogen-bond acceptors (Lipinski definition) is 2. The smallest absolute Gasteiger partial charge is 0.145 e. The van der Waals surface area contributed by atoms with Gasteiger partial charge in [-0.2, -0.15) is 0 Å². The van der Waals surface area contributed by atoms with Crippen LogP contribution in [0.2, 0.25) is 5.02 Å². The van der Waals surface area contributed by atoms with Gasteiger partial charge in [0.05, 0.1) is 16.8 Å². The minimum absolute atomic E-state index is 0.0159. The molecule has 1 aromatic heterocycles. The summed E-state index contributed by atoms with van der Waals surface area (Å²) in [5.74, 6) is -0.338. The van der Waals surface area contributed by atoms with Gasteiger partial charge in [0, 0.05) is 5.69 Å². The Hall–Kier alpha value is -1.45. The summed E-state index contributed by atoms with van der Waals surface area (Å²) in [5, 5.41) is 3.60. The Bertz CT molecular complexity index is 601. The standard InChI is InChI=1S/C17H20ClFN2/c1-3-10-20-16(15-9-4-6-12(2)21-15)11-13-7-5-8-14(18)17(13)19/h4-9,16,20H,3,10-11H2,1-2H3. The molecule has 1 aromatic carbocycles. The van der Waals surface area contributed by atoms with E-state index in [-0.39, 0.29) is 16.9 Å². The summed E-state index contributed by atoms with van der Waals surface area (Å²) in [5.41, 5.74) is 2.50. The van der Waals surface area contributed by atoms with E-state index in [4.69, 9.17) is 11.6 Å². The van der Waals surface area contributed by atoms with Crippen molar-refractivity contribution >= 4 is 11.6 Å². The van der Waals surface area contributed by atoms with E-state index >= 15 is 0 Å². The molecular weight excluding hydrogens is 287 g/mol. The zero-order valence-corrected chi connectivity index (χ0v) is 13.1. The molecule has 0 amide bonds. The molecule has 1 heterocycles. The molecule has 4 heteroatoms. The molecule has 0 aliphatic carbocycles. The van der Waals surface area contributed by atoms with Gasteiger partial charge in [-0.15, -0.1) is 0 Å². The van der Waals surface area contributed by atoms with Crippen molar-refractivity contribution in [3.8, 4) is 0 Å². The maximum absolute atomic E-state index is 14.1. The van der Waals surface area contributed by atoms with E-state index in [0.29, 0.717) is 12.0 Å². The fourth-order valence-electron chi connectivity index (χ4n) is 2.28. The van der Waals surface area contributed by atoms with E-state index in [1.807, 2.05) is 25.1 Å². The van der Waals surface area contributed by atoms with E-state index < -0.39 is 0 Å². The Balaban J connectivity index is 2.26. The molecular formula is C17H20ClFN2. The first-order chi connectivity index (χ1) is 10.1. The maximum atomic E-state index is 14.1. The molecule has 1 atom stereocenters. The van der Waals surface area contributed by atoms with Crippen LogP contribution in [0.4, 0.5) is 4.39 Å². The molecule has 0 spiro atoms. The highest BCUT2D eigenvalue weighted by Gasteiger charge is 2.16. The van der Waals surface area contributed by atoms with Crippen LogP contribution in [0.3, 0.4) is 0 Å². The average molecular weight is 307 g/mol. The Kier molecular flexibility index (Phi) is 5.71. The van der Waals surface area contributed by atoms with Crippen molar-refractivity contribution in [2.75, 3.05) is 6.54 Å². The second-order valence-electron chi connectivity index (χ2n) is 5.13. The van der Waals surface area contributed by atoms with Gasteiger partial charge in [0.25, 0.3) is 0 Å². The van der Waals surface area contributed by atoms with Crippen LogP contribution in [0.15, 0.2) is 36.4 Å². The van der Waals surface area contributed by atoms with Crippen molar-refractivity contribution in [1.29, 1.82) is 0 Å². The highest BCUT2D eigenvalue weighted by atomic mass is 35.5. The van der Waals surface area contributed by atoms with E-state index in [1.54, 1.807) is 18.2 Å². The summed E-state index contributed by atoms with van der Waals surface area (Å²) < 4.78 is 14.1. The van der Waals surface area contributed by atoms with Crippen LogP contribution < -0.4 is 5.32 Å². The first kappa shape index (κ1) is 15.9. The van der Waals surface area contributed by atoms with Crippen LogP contribution in [0.25, 0.3) is 0 Å². The molecule has 21 heavy (non-hydrogen) atoms. The van der Waals surface area contributed by atoms with E-state index in [1.165, 1.54) is 0 Å². The lowest BCUT2D eigenvalue weighted by Crippen LogP contribution is -2.25. The molecule has 1 N–H and O–H groups in total. The van der Waals surface area contributed by atoms with Gasteiger partial charge in [-0.1, -0.05) is 36.7 Å². The molecule has 0 fully saturated rings. The van der Waals surface area contributed by atoms with Crippen molar-refractivity contribution in [2.24, 2.45) is 0 Å². The molecule has 0 aliphatic heterocycles. The second kappa shape index (κ2) is 7.53. The minimum Gasteiger partial charge on any atom is -0.308 e. The van der Waals surface area contributed by atoms with Crippen LogP contribution in [0.1, 0.15) is 36.3 Å². The molecule has 112 valence electrons. The van der Waals surface area contributed by atoms with Crippen molar-refractivity contribution in [2.45, 2.75) is 32.7 Å². The quantitative estimate of drug-likeness (QED) is 0.852. The first-order valence-corrected chi connectivity index (χ1v) is 7.59. The highest BCUT2D eigenvalue weighted by molar-refractivity contribution is 6.30. The number of benzene rings is 1. The highest BCUT2D eigenvalue weighted by Crippen LogP contribution is 2.23. The number of nitrogens with one attached hydrogen (secondary N) is 1. The number of aryl methyl sites for hydroxylation is 1. The third kappa shape index (κ3) is 4.26. The summed E-state index contributed by atoms with van der Waals surface area (Å²) in [6, 6.07) is 11.0. The van der Waals surface area contributed by atoms with Crippen LogP contribution in [-0.2, 0) is 6.42 Å². The molecule has 1 unspecified atom stereocenters. The van der Waals surface area contributed by atoms with Gasteiger partial charge in [0.1, 0.15) is 5.82 Å². The lowest BCUT2D eigenvalue weighted by Gasteiger charge is -2.19. The van der Waals surface area contributed by atoms with Crippen molar-refractivity contribution in [3.63, 3.8) is 0 Å². The fraction of sp³-hybridized carbons (Fsp3) is 0.353. The van der Waals surface area contributed by atoms with Gasteiger partial charge in [0.15, 0.2) is 0 Å². The van der Waals surface area contributed by atoms with Gasteiger partial charge in [-0.25, -0.2) is 4.39 Å². The van der Waals surface area contributed by atoms with Gasteiger partial charge >= 0.3 is 0 Å². The number of halogens is 2. The summed E-state index contributed by atoms with van der Waals surface area (Å²) in [6.07, 6.45) is 1.54. The minimum atomic E-state index is -0.338. The summed E-state index contributed by atoms with van der Waals surface area (Å²) in [6.45, 7) is 4.93. The predicted octanol–water partition coefficient (Wildman–Crippen LogP) is 4.47. The summed E-state index contributed by atoms with van der Waals surface area (Å²) in [7, 11) is 0. The Labute approximate surface area is 130 Å². The lowest BCUT2D eigenvalue weighted by atomic mass is 10.0. The lowest BCUT2D eigenvalue weighted by molar-refractivity contribution is 0.503. The van der Waals surface area contributed by atoms with Crippen molar-refractivity contribution < 1.29 is 4.39 Å². The van der Waals surface area contributed by atoms with E-state index in [0.717, 1.165) is 24.4 Å². The average Bonchev–Trinajstić information content (AvgIpc) is 2.47. The second-order valence-corrected chi connectivity index (χ2v) is 5.53.